The predicted molar refractivity (Wildman–Crippen MR) is 63.9 cm³/mol. The Morgan fingerprint density at radius 1 is 1.12 bits per heavy atom. The van der Waals surface area contributed by atoms with Crippen LogP contribution in [-0.2, 0) is 11.2 Å². The first kappa shape index (κ1) is 11.0. The fourth-order valence-electron chi connectivity index (χ4n) is 2.17. The van der Waals surface area contributed by atoms with Gasteiger partial charge in [-0.3, -0.25) is 0 Å². The first-order valence-corrected chi connectivity index (χ1v) is 6.24. The van der Waals surface area contributed by atoms with Gasteiger partial charge in [-0.05, 0) is 24.4 Å². The second kappa shape index (κ2) is 4.66. The van der Waals surface area contributed by atoms with E-state index in [0.29, 0.717) is 5.28 Å². The summed E-state index contributed by atoms with van der Waals surface area (Å²) < 4.78 is 11.0. The third-order valence-corrected chi connectivity index (χ3v) is 3.17. The van der Waals surface area contributed by atoms with Crippen molar-refractivity contribution in [3.63, 3.8) is 0 Å². The third-order valence-electron chi connectivity index (χ3n) is 3.01. The van der Waals surface area contributed by atoms with E-state index in [9.17, 15) is 0 Å². The maximum absolute atomic E-state index is 5.97. The molecule has 3 heterocycles. The number of nitrogens with zero attached hydrogens (tertiary/aromatic N) is 3. The number of aryl methyl sites for hydroxylation is 1. The minimum atomic E-state index is 0.302. The smallest absolute Gasteiger partial charge is 0.224 e. The zero-order chi connectivity index (χ0) is 11.7. The highest BCUT2D eigenvalue weighted by atomic mass is 35.5. The van der Waals surface area contributed by atoms with Crippen molar-refractivity contribution >= 4 is 17.4 Å². The largest absolute Gasteiger partial charge is 0.488 e. The van der Waals surface area contributed by atoms with Crippen LogP contribution in [0.3, 0.4) is 0 Å². The number of aromatic nitrogens is 2. The molecule has 1 fully saturated rings. The third kappa shape index (κ3) is 2.17. The molecule has 0 aliphatic carbocycles. The maximum atomic E-state index is 5.97. The standard InChI is InChI=1S/C11H14ClN3O2/c12-11-13-8-2-1-5-17-9(8)10(14-11)15-3-6-16-7-4-15/h1-7H2. The van der Waals surface area contributed by atoms with Crippen LogP contribution >= 0.6 is 11.6 Å². The van der Waals surface area contributed by atoms with E-state index in [-0.39, 0.29) is 0 Å². The lowest BCUT2D eigenvalue weighted by Crippen LogP contribution is -2.37. The molecule has 6 heteroatoms. The quantitative estimate of drug-likeness (QED) is 0.708. The normalized spacial score (nSPS) is 19.7. The molecule has 1 aromatic rings. The van der Waals surface area contributed by atoms with Crippen molar-refractivity contribution in [3.05, 3.63) is 11.0 Å². The second-order valence-electron chi connectivity index (χ2n) is 4.14. The van der Waals surface area contributed by atoms with E-state index in [0.717, 1.165) is 63.0 Å². The van der Waals surface area contributed by atoms with Crippen molar-refractivity contribution in [2.45, 2.75) is 12.8 Å². The highest BCUT2D eigenvalue weighted by Gasteiger charge is 2.24. The fraction of sp³-hybridized carbons (Fsp3) is 0.636. The number of fused-ring (bicyclic) bond motifs is 1. The van der Waals surface area contributed by atoms with Crippen LogP contribution in [0.1, 0.15) is 12.1 Å². The number of rotatable bonds is 1. The number of anilines is 1. The van der Waals surface area contributed by atoms with Crippen molar-refractivity contribution in [1.29, 1.82) is 0 Å². The Morgan fingerprint density at radius 2 is 1.94 bits per heavy atom. The van der Waals surface area contributed by atoms with Gasteiger partial charge >= 0.3 is 0 Å². The number of ether oxygens (including phenoxy) is 2. The van der Waals surface area contributed by atoms with E-state index >= 15 is 0 Å². The lowest BCUT2D eigenvalue weighted by molar-refractivity contribution is 0.122. The first-order chi connectivity index (χ1) is 8.34. The van der Waals surface area contributed by atoms with Crippen LogP contribution in [0, 0.1) is 0 Å². The van der Waals surface area contributed by atoms with E-state index in [4.69, 9.17) is 21.1 Å². The molecule has 2 aliphatic heterocycles. The van der Waals surface area contributed by atoms with E-state index in [1.165, 1.54) is 0 Å². The fourth-order valence-corrected chi connectivity index (χ4v) is 2.36. The van der Waals surface area contributed by atoms with E-state index in [1.54, 1.807) is 0 Å². The topological polar surface area (TPSA) is 47.5 Å². The average Bonchev–Trinajstić information content (AvgIpc) is 2.39. The summed E-state index contributed by atoms with van der Waals surface area (Å²) in [6, 6.07) is 0. The number of hydrogen-bond acceptors (Lipinski definition) is 5. The summed E-state index contributed by atoms with van der Waals surface area (Å²) in [5, 5.41) is 0.302. The molecule has 0 bridgehead atoms. The molecule has 0 amide bonds. The molecule has 5 nitrogen and oxygen atoms in total. The molecule has 0 spiro atoms. The van der Waals surface area contributed by atoms with Crippen LogP contribution in [-0.4, -0.2) is 42.9 Å². The summed E-state index contributed by atoms with van der Waals surface area (Å²) in [7, 11) is 0. The number of hydrogen-bond donors (Lipinski definition) is 0. The molecule has 0 radical (unpaired) electrons. The second-order valence-corrected chi connectivity index (χ2v) is 4.48. The number of morpholine rings is 1. The van der Waals surface area contributed by atoms with Gasteiger partial charge in [0.2, 0.25) is 5.28 Å². The van der Waals surface area contributed by atoms with Gasteiger partial charge in [0, 0.05) is 13.1 Å². The molecule has 3 rings (SSSR count). The maximum Gasteiger partial charge on any atom is 0.224 e. The molecule has 0 saturated carbocycles. The van der Waals surface area contributed by atoms with Crippen molar-refractivity contribution < 1.29 is 9.47 Å². The molecule has 0 unspecified atom stereocenters. The highest BCUT2D eigenvalue weighted by Crippen LogP contribution is 2.34. The van der Waals surface area contributed by atoms with Crippen molar-refractivity contribution in [3.8, 4) is 5.75 Å². The van der Waals surface area contributed by atoms with Crippen molar-refractivity contribution in [2.24, 2.45) is 0 Å². The Kier molecular flexibility index (Phi) is 3.03. The zero-order valence-corrected chi connectivity index (χ0v) is 10.2. The lowest BCUT2D eigenvalue weighted by atomic mass is 10.2. The Balaban J connectivity index is 1.98. The van der Waals surface area contributed by atoms with Crippen LogP contribution in [0.2, 0.25) is 5.28 Å². The molecule has 0 aromatic carbocycles. The Hall–Kier alpha value is -1.07. The van der Waals surface area contributed by atoms with E-state index < -0.39 is 0 Å². The highest BCUT2D eigenvalue weighted by molar-refractivity contribution is 6.28. The summed E-state index contributed by atoms with van der Waals surface area (Å²) in [5.74, 6) is 1.63. The molecule has 1 saturated heterocycles. The Bertz CT molecular complexity index is 421. The summed E-state index contributed by atoms with van der Waals surface area (Å²) in [4.78, 5) is 10.7. The van der Waals surface area contributed by atoms with Crippen LogP contribution in [0.15, 0.2) is 0 Å². The van der Waals surface area contributed by atoms with Crippen molar-refractivity contribution in [1.82, 2.24) is 9.97 Å². The number of halogens is 1. The molecule has 2 aliphatic rings. The van der Waals surface area contributed by atoms with Crippen LogP contribution in [0.5, 0.6) is 5.75 Å². The minimum Gasteiger partial charge on any atom is -0.488 e. The van der Waals surface area contributed by atoms with Crippen LogP contribution in [0.4, 0.5) is 5.82 Å². The van der Waals surface area contributed by atoms with Gasteiger partial charge in [0.15, 0.2) is 11.6 Å². The van der Waals surface area contributed by atoms with Crippen molar-refractivity contribution in [2.75, 3.05) is 37.8 Å². The Morgan fingerprint density at radius 3 is 2.76 bits per heavy atom. The van der Waals surface area contributed by atoms with Crippen LogP contribution < -0.4 is 9.64 Å². The minimum absolute atomic E-state index is 0.302. The van der Waals surface area contributed by atoms with Gasteiger partial charge in [-0.15, -0.1) is 0 Å². The van der Waals surface area contributed by atoms with Gasteiger partial charge in [-0.25, -0.2) is 4.98 Å². The predicted octanol–water partition coefficient (Wildman–Crippen LogP) is 1.29. The monoisotopic (exact) mass is 255 g/mol. The molecular formula is C11H14ClN3O2. The van der Waals surface area contributed by atoms with E-state index in [1.807, 2.05) is 0 Å². The molecular weight excluding hydrogens is 242 g/mol. The molecule has 1 aromatic heterocycles. The zero-order valence-electron chi connectivity index (χ0n) is 9.49. The molecule has 0 N–H and O–H groups in total. The molecule has 17 heavy (non-hydrogen) atoms. The lowest BCUT2D eigenvalue weighted by Gasteiger charge is -2.30. The summed E-state index contributed by atoms with van der Waals surface area (Å²) in [6.45, 7) is 3.81. The molecule has 92 valence electrons. The van der Waals surface area contributed by atoms with Gasteiger partial charge in [-0.2, -0.15) is 4.98 Å². The van der Waals surface area contributed by atoms with Gasteiger partial charge in [0.05, 0.1) is 25.5 Å². The SMILES string of the molecule is Clc1nc2c(c(N3CCOCC3)n1)OCCC2. The van der Waals surface area contributed by atoms with Gasteiger partial charge in [-0.1, -0.05) is 0 Å². The first-order valence-electron chi connectivity index (χ1n) is 5.86. The molecule has 0 atom stereocenters. The van der Waals surface area contributed by atoms with Gasteiger partial charge in [0.1, 0.15) is 0 Å². The summed E-state index contributed by atoms with van der Waals surface area (Å²) in [5.41, 5.74) is 0.928. The van der Waals surface area contributed by atoms with Gasteiger partial charge < -0.3 is 14.4 Å². The summed E-state index contributed by atoms with van der Waals surface area (Å²) in [6.07, 6.45) is 1.90. The summed E-state index contributed by atoms with van der Waals surface area (Å²) >= 11 is 5.97. The Labute approximate surface area is 105 Å². The van der Waals surface area contributed by atoms with Crippen LogP contribution in [0.25, 0.3) is 0 Å². The van der Waals surface area contributed by atoms with E-state index in [2.05, 4.69) is 14.9 Å². The van der Waals surface area contributed by atoms with Gasteiger partial charge in [0.25, 0.3) is 0 Å². The average molecular weight is 256 g/mol.